The molecule has 0 saturated carbocycles. The Morgan fingerprint density at radius 3 is 1.22 bits per heavy atom. The van der Waals surface area contributed by atoms with Gasteiger partial charge in [-0.2, -0.15) is 0 Å². The van der Waals surface area contributed by atoms with E-state index in [-0.39, 0.29) is 0 Å². The largest absolute Gasteiger partial charge is 0.304 e. The Labute approximate surface area is 194 Å². The van der Waals surface area contributed by atoms with Crippen LogP contribution in [0.4, 0.5) is 0 Å². The maximum atomic E-state index is 2.35. The maximum absolute atomic E-state index is 2.35. The van der Waals surface area contributed by atoms with Crippen molar-refractivity contribution < 1.29 is 0 Å². The molecule has 0 aliphatic rings. The molecular formula is C28H20N2S2. The molecular weight excluding hydrogens is 428 g/mol. The van der Waals surface area contributed by atoms with Gasteiger partial charge in [-0.15, -0.1) is 0 Å². The van der Waals surface area contributed by atoms with E-state index in [1.807, 2.05) is 0 Å². The van der Waals surface area contributed by atoms with Crippen LogP contribution in [0.25, 0.3) is 33.2 Å². The molecule has 0 radical (unpaired) electrons. The Hall–Kier alpha value is -3.34. The topological polar surface area (TPSA) is 9.86 Å². The fourth-order valence-corrected chi connectivity index (χ4v) is 6.48. The van der Waals surface area contributed by atoms with Crippen LogP contribution in [0.15, 0.2) is 131 Å². The molecule has 0 aliphatic heterocycles. The molecule has 0 N–H and O–H groups in total. The van der Waals surface area contributed by atoms with E-state index in [0.29, 0.717) is 0 Å². The molecule has 2 nitrogen and oxygen atoms in total. The summed E-state index contributed by atoms with van der Waals surface area (Å²) in [5, 5.41) is 4.94. The second-order valence-corrected chi connectivity index (χ2v) is 9.76. The lowest BCUT2D eigenvalue weighted by molar-refractivity contribution is 0.991. The first-order valence-electron chi connectivity index (χ1n) is 10.5. The van der Waals surface area contributed by atoms with Crippen molar-refractivity contribution in [3.05, 3.63) is 121 Å². The molecule has 0 saturated heterocycles. The van der Waals surface area contributed by atoms with Crippen LogP contribution in [0.5, 0.6) is 0 Å². The summed E-state index contributed by atoms with van der Waals surface area (Å²) in [6.07, 6.45) is 0. The van der Waals surface area contributed by atoms with Gasteiger partial charge in [0.1, 0.15) is 0 Å². The van der Waals surface area contributed by atoms with Crippen molar-refractivity contribution in [2.75, 3.05) is 0 Å². The minimum Gasteiger partial charge on any atom is -0.304 e. The summed E-state index contributed by atoms with van der Waals surface area (Å²) in [4.78, 5) is 0. The molecule has 4 heteroatoms. The number of aromatic nitrogens is 2. The lowest BCUT2D eigenvalue weighted by Crippen LogP contribution is -1.96. The number of hydrogen-bond acceptors (Lipinski definition) is 2. The van der Waals surface area contributed by atoms with E-state index in [2.05, 4.69) is 130 Å². The minimum absolute atomic E-state index is 1.18. The van der Waals surface area contributed by atoms with Crippen molar-refractivity contribution in [1.82, 2.24) is 9.13 Å². The standard InChI is InChI=1S/C28H20N2S2/c1-3-13-23(14-4-1)29-25-17-9-7-11-21(25)19-27(29)31-32-28-20-22-12-8-10-18-26(22)30(28)24-15-5-2-6-16-24/h1-20H. The van der Waals surface area contributed by atoms with Gasteiger partial charge in [0.05, 0.1) is 21.1 Å². The number of nitrogens with zero attached hydrogens (tertiary/aromatic N) is 2. The first kappa shape index (κ1) is 19.4. The Balaban J connectivity index is 1.45. The van der Waals surface area contributed by atoms with Crippen LogP contribution < -0.4 is 0 Å². The molecule has 2 aromatic heterocycles. The van der Waals surface area contributed by atoms with Crippen LogP contribution >= 0.6 is 21.6 Å². The van der Waals surface area contributed by atoms with E-state index in [1.165, 1.54) is 43.2 Å². The highest BCUT2D eigenvalue weighted by molar-refractivity contribution is 8.76. The predicted molar refractivity (Wildman–Crippen MR) is 138 cm³/mol. The summed E-state index contributed by atoms with van der Waals surface area (Å²) in [5.41, 5.74) is 4.82. The van der Waals surface area contributed by atoms with Crippen LogP contribution in [-0.4, -0.2) is 9.13 Å². The first-order chi connectivity index (χ1) is 15.9. The average molecular weight is 449 g/mol. The third-order valence-electron chi connectivity index (χ3n) is 5.60. The Morgan fingerprint density at radius 2 is 0.781 bits per heavy atom. The highest BCUT2D eigenvalue weighted by atomic mass is 33.1. The van der Waals surface area contributed by atoms with E-state index >= 15 is 0 Å². The fourth-order valence-electron chi connectivity index (χ4n) is 4.15. The molecule has 0 spiro atoms. The summed E-state index contributed by atoms with van der Waals surface area (Å²) in [6.45, 7) is 0. The Morgan fingerprint density at radius 1 is 0.406 bits per heavy atom. The van der Waals surface area contributed by atoms with Crippen molar-refractivity contribution in [1.29, 1.82) is 0 Å². The second-order valence-electron chi connectivity index (χ2n) is 7.59. The van der Waals surface area contributed by atoms with Crippen molar-refractivity contribution in [2.24, 2.45) is 0 Å². The van der Waals surface area contributed by atoms with Crippen LogP contribution in [0, 0.1) is 0 Å². The van der Waals surface area contributed by atoms with Gasteiger partial charge in [0, 0.05) is 22.1 Å². The first-order valence-corrected chi connectivity index (χ1v) is 12.7. The zero-order chi connectivity index (χ0) is 21.3. The van der Waals surface area contributed by atoms with E-state index in [0.717, 1.165) is 0 Å². The smallest absolute Gasteiger partial charge is 0.0916 e. The molecule has 2 heterocycles. The molecule has 32 heavy (non-hydrogen) atoms. The summed E-state index contributed by atoms with van der Waals surface area (Å²) in [7, 11) is 3.61. The van der Waals surface area contributed by atoms with Gasteiger partial charge in [0.2, 0.25) is 0 Å². The zero-order valence-corrected chi connectivity index (χ0v) is 18.9. The van der Waals surface area contributed by atoms with Crippen LogP contribution in [-0.2, 0) is 0 Å². The van der Waals surface area contributed by atoms with Crippen molar-refractivity contribution in [3.8, 4) is 11.4 Å². The summed E-state index contributed by atoms with van der Waals surface area (Å²) < 4.78 is 4.70. The lowest BCUT2D eigenvalue weighted by atomic mass is 10.2. The van der Waals surface area contributed by atoms with Gasteiger partial charge >= 0.3 is 0 Å². The van der Waals surface area contributed by atoms with Gasteiger partial charge in [-0.25, -0.2) is 0 Å². The molecule has 0 fully saturated rings. The van der Waals surface area contributed by atoms with Gasteiger partial charge in [0.25, 0.3) is 0 Å². The minimum atomic E-state index is 1.18. The zero-order valence-electron chi connectivity index (χ0n) is 17.3. The molecule has 6 rings (SSSR count). The monoisotopic (exact) mass is 448 g/mol. The molecule has 0 unspecified atom stereocenters. The van der Waals surface area contributed by atoms with Crippen LogP contribution in [0.1, 0.15) is 0 Å². The summed E-state index contributed by atoms with van der Waals surface area (Å²) >= 11 is 0. The van der Waals surface area contributed by atoms with Gasteiger partial charge in [-0.05, 0) is 70.1 Å². The number of para-hydroxylation sites is 4. The van der Waals surface area contributed by atoms with Crippen molar-refractivity contribution in [2.45, 2.75) is 10.1 Å². The summed E-state index contributed by atoms with van der Waals surface area (Å²) in [5.74, 6) is 0. The number of hydrogen-bond donors (Lipinski definition) is 0. The third kappa shape index (κ3) is 3.42. The SMILES string of the molecule is c1ccc(-n2c(SSc3cc4ccccc4n3-c3ccccc3)cc3ccccc32)cc1. The molecule has 0 aliphatic carbocycles. The molecule has 6 aromatic rings. The number of rotatable bonds is 5. The Kier molecular flexibility index (Phi) is 5.02. The normalized spacial score (nSPS) is 11.4. The molecule has 0 bridgehead atoms. The average Bonchev–Trinajstić information content (AvgIpc) is 3.41. The number of fused-ring (bicyclic) bond motifs is 2. The third-order valence-corrected chi connectivity index (χ3v) is 7.90. The predicted octanol–water partition coefficient (Wildman–Crippen LogP) is 8.37. The van der Waals surface area contributed by atoms with Gasteiger partial charge in [-0.1, -0.05) is 72.8 Å². The van der Waals surface area contributed by atoms with Crippen LogP contribution in [0.3, 0.4) is 0 Å². The lowest BCUT2D eigenvalue weighted by Gasteiger charge is -2.12. The van der Waals surface area contributed by atoms with Gasteiger partial charge in [0.15, 0.2) is 0 Å². The van der Waals surface area contributed by atoms with E-state index in [9.17, 15) is 0 Å². The molecule has 4 aromatic carbocycles. The van der Waals surface area contributed by atoms with Crippen LogP contribution in [0.2, 0.25) is 0 Å². The van der Waals surface area contributed by atoms with Gasteiger partial charge in [-0.3, -0.25) is 0 Å². The Bertz CT molecular complexity index is 1400. The van der Waals surface area contributed by atoms with Crippen molar-refractivity contribution in [3.63, 3.8) is 0 Å². The van der Waals surface area contributed by atoms with Gasteiger partial charge < -0.3 is 9.13 Å². The molecule has 154 valence electrons. The quantitative estimate of drug-likeness (QED) is 0.245. The maximum Gasteiger partial charge on any atom is 0.0916 e. The van der Waals surface area contributed by atoms with E-state index in [1.54, 1.807) is 21.6 Å². The highest BCUT2D eigenvalue weighted by Crippen LogP contribution is 2.43. The second kappa shape index (κ2) is 8.30. The molecule has 0 amide bonds. The number of benzene rings is 4. The fraction of sp³-hybridized carbons (Fsp3) is 0. The van der Waals surface area contributed by atoms with Crippen molar-refractivity contribution >= 4 is 43.4 Å². The highest BCUT2D eigenvalue weighted by Gasteiger charge is 2.15. The van der Waals surface area contributed by atoms with E-state index < -0.39 is 0 Å². The van der Waals surface area contributed by atoms with E-state index in [4.69, 9.17) is 0 Å². The summed E-state index contributed by atoms with van der Waals surface area (Å²) in [6, 6.07) is 42.9. The molecule has 0 atom stereocenters.